The molecule has 0 amide bonds. The van der Waals surface area contributed by atoms with Crippen LogP contribution in [-0.4, -0.2) is 40.8 Å². The molecule has 25 heavy (non-hydrogen) atoms. The minimum Gasteiger partial charge on any atom is -0.484 e. The number of rotatable bonds is 6. The normalized spacial score (nSPS) is 12.2. The zero-order valence-corrected chi connectivity index (χ0v) is 13.5. The van der Waals surface area contributed by atoms with Crippen LogP contribution >= 0.6 is 0 Å². The number of halogens is 3. The molecule has 2 aromatic heterocycles. The Kier molecular flexibility index (Phi) is 4.69. The van der Waals surface area contributed by atoms with Crippen molar-refractivity contribution in [3.8, 4) is 17.1 Å². The number of nitrogens with zero attached hydrogens (tertiary/aromatic N) is 2. The lowest BCUT2D eigenvalue weighted by Crippen LogP contribution is -2.19. The van der Waals surface area contributed by atoms with E-state index in [9.17, 15) is 13.2 Å². The molecule has 0 fully saturated rings. The van der Waals surface area contributed by atoms with Crippen molar-refractivity contribution in [2.75, 3.05) is 13.7 Å². The first kappa shape index (κ1) is 16.9. The van der Waals surface area contributed by atoms with Crippen molar-refractivity contribution in [3.05, 3.63) is 53.9 Å². The van der Waals surface area contributed by atoms with Gasteiger partial charge in [-0.05, 0) is 29.8 Å². The van der Waals surface area contributed by atoms with Crippen LogP contribution in [0.4, 0.5) is 13.2 Å². The fourth-order valence-electron chi connectivity index (χ4n) is 2.46. The van der Waals surface area contributed by atoms with Gasteiger partial charge in [-0.2, -0.15) is 13.2 Å². The first-order valence-corrected chi connectivity index (χ1v) is 7.59. The molecule has 0 unspecified atom stereocenters. The van der Waals surface area contributed by atoms with E-state index < -0.39 is 12.8 Å². The maximum absolute atomic E-state index is 12.2. The Morgan fingerprint density at radius 1 is 1.16 bits per heavy atom. The van der Waals surface area contributed by atoms with E-state index in [1.807, 2.05) is 22.9 Å². The fourth-order valence-corrected chi connectivity index (χ4v) is 2.46. The van der Waals surface area contributed by atoms with Gasteiger partial charge in [0, 0.05) is 26.0 Å². The summed E-state index contributed by atoms with van der Waals surface area (Å²) >= 11 is 0. The van der Waals surface area contributed by atoms with E-state index in [2.05, 4.69) is 15.2 Å². The number of aromatic amines is 2. The van der Waals surface area contributed by atoms with Gasteiger partial charge in [0.1, 0.15) is 11.4 Å². The van der Waals surface area contributed by atoms with Crippen LogP contribution in [0, 0.1) is 0 Å². The number of H-pyrrole nitrogens is 2. The van der Waals surface area contributed by atoms with Crippen LogP contribution in [0.2, 0.25) is 0 Å². The number of hydrogen-bond acceptors (Lipinski definition) is 2. The molecule has 3 aromatic rings. The Morgan fingerprint density at radius 2 is 1.92 bits per heavy atom. The van der Waals surface area contributed by atoms with E-state index in [4.69, 9.17) is 4.74 Å². The van der Waals surface area contributed by atoms with Crippen molar-refractivity contribution in [1.29, 1.82) is 0 Å². The first-order chi connectivity index (χ1) is 12.0. The second-order valence-corrected chi connectivity index (χ2v) is 5.50. The molecule has 0 saturated heterocycles. The number of aromatic nitrogens is 3. The third-order valence-electron chi connectivity index (χ3n) is 3.61. The van der Waals surface area contributed by atoms with Crippen molar-refractivity contribution in [3.63, 3.8) is 0 Å². The molecule has 2 N–H and O–H groups in total. The fraction of sp³-hybridized carbons (Fsp3) is 0.235. The molecule has 0 aliphatic rings. The Bertz CT molecular complexity index is 840. The van der Waals surface area contributed by atoms with Crippen molar-refractivity contribution in [2.45, 2.75) is 12.7 Å². The highest BCUT2D eigenvalue weighted by Gasteiger charge is 2.28. The van der Waals surface area contributed by atoms with Gasteiger partial charge >= 0.3 is 6.18 Å². The molecule has 0 aliphatic heterocycles. The molecule has 0 radical (unpaired) electrons. The molecule has 132 valence electrons. The topological polar surface area (TPSA) is 58.1 Å². The van der Waals surface area contributed by atoms with Gasteiger partial charge in [0.05, 0.1) is 11.4 Å². The smallest absolute Gasteiger partial charge is 0.422 e. The second-order valence-electron chi connectivity index (χ2n) is 5.50. The van der Waals surface area contributed by atoms with Crippen LogP contribution in [0.5, 0.6) is 5.75 Å². The highest BCUT2D eigenvalue weighted by atomic mass is 19.4. The first-order valence-electron chi connectivity index (χ1n) is 7.59. The average molecular weight is 350 g/mol. The minimum atomic E-state index is -4.34. The summed E-state index contributed by atoms with van der Waals surface area (Å²) in [5.41, 5.74) is 3.79. The van der Waals surface area contributed by atoms with Crippen molar-refractivity contribution in [2.24, 2.45) is 4.99 Å². The van der Waals surface area contributed by atoms with Crippen molar-refractivity contribution in [1.82, 2.24) is 14.8 Å². The zero-order valence-electron chi connectivity index (χ0n) is 13.5. The van der Waals surface area contributed by atoms with E-state index in [0.717, 1.165) is 22.6 Å². The molecule has 1 aromatic carbocycles. The lowest BCUT2D eigenvalue weighted by Gasteiger charge is -2.15. The molecule has 0 spiro atoms. The highest BCUT2D eigenvalue weighted by molar-refractivity contribution is 5.86. The number of aliphatic imine (C=N–C) groups is 1. The lowest BCUT2D eigenvalue weighted by atomic mass is 10.2. The number of alkyl halides is 3. The van der Waals surface area contributed by atoms with Crippen molar-refractivity contribution >= 4 is 6.21 Å². The maximum atomic E-state index is 12.2. The van der Waals surface area contributed by atoms with Crippen LogP contribution < -0.4 is 4.74 Å². The van der Waals surface area contributed by atoms with Crippen LogP contribution in [0.15, 0.2) is 47.6 Å². The highest BCUT2D eigenvalue weighted by Crippen LogP contribution is 2.23. The third-order valence-corrected chi connectivity index (χ3v) is 3.61. The summed E-state index contributed by atoms with van der Waals surface area (Å²) in [6.45, 7) is -0.702. The Labute approximate surface area is 142 Å². The Hall–Kier alpha value is -2.90. The summed E-state index contributed by atoms with van der Waals surface area (Å²) in [5, 5.41) is 6.01. The molecule has 2 heterocycles. The second kappa shape index (κ2) is 6.92. The van der Waals surface area contributed by atoms with E-state index in [1.54, 1.807) is 37.5 Å². The zero-order chi connectivity index (χ0) is 17.9. The van der Waals surface area contributed by atoms with Crippen LogP contribution in [0.3, 0.4) is 0 Å². The average Bonchev–Trinajstić information content (AvgIpc) is 2.98. The van der Waals surface area contributed by atoms with Gasteiger partial charge in [-0.3, -0.25) is 15.2 Å². The molecule has 0 saturated carbocycles. The quantitative estimate of drug-likeness (QED) is 0.652. The molecule has 0 atom stereocenters. The van der Waals surface area contributed by atoms with E-state index in [1.165, 1.54) is 0 Å². The van der Waals surface area contributed by atoms with Crippen LogP contribution in [0.1, 0.15) is 11.3 Å². The van der Waals surface area contributed by atoms with Crippen LogP contribution in [0.25, 0.3) is 11.4 Å². The predicted molar refractivity (Wildman–Crippen MR) is 89.2 cm³/mol. The molecule has 5 nitrogen and oxygen atoms in total. The summed E-state index contributed by atoms with van der Waals surface area (Å²) in [6.07, 6.45) is -0.664. The third kappa shape index (κ3) is 4.14. The maximum Gasteiger partial charge on any atom is 0.422 e. The molecular formula is C17H17F3N4O. The summed E-state index contributed by atoms with van der Waals surface area (Å²) in [4.78, 5) is 3.99. The van der Waals surface area contributed by atoms with Gasteiger partial charge in [-0.15, -0.1) is 0 Å². The van der Waals surface area contributed by atoms with E-state index in [-0.39, 0.29) is 5.75 Å². The molecular weight excluding hydrogens is 333 g/mol. The predicted octanol–water partition coefficient (Wildman–Crippen LogP) is 3.85. The van der Waals surface area contributed by atoms with Gasteiger partial charge in [0.2, 0.25) is 0 Å². The summed E-state index contributed by atoms with van der Waals surface area (Å²) in [7, 11) is 1.70. The van der Waals surface area contributed by atoms with Crippen molar-refractivity contribution < 1.29 is 17.9 Å². The number of hydrogen-bond donors (Lipinski definition) is 2. The lowest BCUT2D eigenvalue weighted by molar-refractivity contribution is -0.153. The molecule has 0 bridgehead atoms. The Balaban J connectivity index is 1.70. The van der Waals surface area contributed by atoms with Gasteiger partial charge in [0.15, 0.2) is 6.61 Å². The number of nitrogens with one attached hydrogen (secondary N) is 2. The molecule has 8 heteroatoms. The van der Waals surface area contributed by atoms with E-state index in [0.29, 0.717) is 6.54 Å². The van der Waals surface area contributed by atoms with Gasteiger partial charge in [0.25, 0.3) is 0 Å². The SMILES string of the molecule is CN=Cc1[nH][nH]c1-c1cccn1Cc1ccc(OCC(F)(F)F)cc1. The number of ether oxygens (including phenoxy) is 1. The summed E-state index contributed by atoms with van der Waals surface area (Å²) in [6, 6.07) is 10.5. The molecule has 3 rings (SSSR count). The minimum absolute atomic E-state index is 0.197. The van der Waals surface area contributed by atoms with Gasteiger partial charge < -0.3 is 9.30 Å². The van der Waals surface area contributed by atoms with Crippen LogP contribution in [-0.2, 0) is 6.54 Å². The molecule has 0 aliphatic carbocycles. The standard InChI is InChI=1S/C17H17F3N4O/c1-21-9-14-16(23-22-14)15-3-2-8-24(15)10-12-4-6-13(7-5-12)25-11-17(18,19)20/h2-9,22-23H,10-11H2,1H3. The Morgan fingerprint density at radius 3 is 2.52 bits per heavy atom. The largest absolute Gasteiger partial charge is 0.484 e. The number of benzene rings is 1. The summed E-state index contributed by atoms with van der Waals surface area (Å²) < 4.78 is 43.3. The van der Waals surface area contributed by atoms with Gasteiger partial charge in [-0.25, -0.2) is 0 Å². The van der Waals surface area contributed by atoms with Gasteiger partial charge in [-0.1, -0.05) is 12.1 Å². The van der Waals surface area contributed by atoms with E-state index >= 15 is 0 Å². The summed E-state index contributed by atoms with van der Waals surface area (Å²) in [5.74, 6) is 0.197. The monoisotopic (exact) mass is 350 g/mol.